The van der Waals surface area contributed by atoms with Crippen LogP contribution in [0.3, 0.4) is 0 Å². The largest absolute Gasteiger partial charge is 0.444 e. The molecule has 0 saturated heterocycles. The minimum absolute atomic E-state index is 0.178. The molecule has 0 aliphatic rings. The number of allylic oxidation sites excluding steroid dienone is 1. The second-order valence-corrected chi connectivity index (χ2v) is 6.19. The van der Waals surface area contributed by atoms with Gasteiger partial charge in [-0.2, -0.15) is 0 Å². The Bertz CT molecular complexity index is 596. The zero-order valence-corrected chi connectivity index (χ0v) is 14.5. The van der Waals surface area contributed by atoms with Crippen LogP contribution < -0.4 is 5.32 Å². The Morgan fingerprint density at radius 1 is 1.52 bits per heavy atom. The van der Waals surface area contributed by atoms with Crippen LogP contribution >= 0.6 is 11.6 Å². The molecule has 0 aromatic carbocycles. The number of ether oxygens (including phenoxy) is 1. The third-order valence-corrected chi connectivity index (χ3v) is 3.03. The fourth-order valence-corrected chi connectivity index (χ4v) is 1.96. The molecule has 23 heavy (non-hydrogen) atoms. The highest BCUT2D eigenvalue weighted by atomic mass is 35.5. The number of aliphatic hydroxyl groups excluding tert-OH is 1. The Hall–Kier alpha value is -1.92. The average molecular weight is 340 g/mol. The number of alkyl carbamates (subject to hydrolysis) is 1. The van der Waals surface area contributed by atoms with Gasteiger partial charge in [-0.15, -0.1) is 0 Å². The van der Waals surface area contributed by atoms with E-state index in [1.807, 2.05) is 0 Å². The smallest absolute Gasteiger partial charge is 0.408 e. The Balaban J connectivity index is 3.11. The van der Waals surface area contributed by atoms with E-state index >= 15 is 0 Å². The number of carbonyl (C=O) groups excluding carboxylic acids is 1. The molecule has 0 unspecified atom stereocenters. The van der Waals surface area contributed by atoms with Gasteiger partial charge in [0.15, 0.2) is 5.82 Å². The lowest BCUT2D eigenvalue weighted by Crippen LogP contribution is -2.41. The monoisotopic (exact) mass is 339 g/mol. The lowest BCUT2D eigenvalue weighted by molar-refractivity contribution is 0.0443. The van der Waals surface area contributed by atoms with Gasteiger partial charge in [0, 0.05) is 6.20 Å². The number of aliphatic hydroxyl groups is 1. The molecule has 0 fully saturated rings. The highest BCUT2D eigenvalue weighted by molar-refractivity contribution is 6.29. The number of carbonyl (C=O) groups is 1. The number of hydrogen-bond acceptors (Lipinski definition) is 5. The van der Waals surface area contributed by atoms with Gasteiger partial charge < -0.3 is 15.2 Å². The first kappa shape index (κ1) is 19.1. The Kier molecular flexibility index (Phi) is 6.72. The predicted octanol–water partition coefficient (Wildman–Crippen LogP) is 3.19. The Labute approximate surface area is 141 Å². The fraction of sp³-hybridized carbons (Fsp3) is 0.438. The molecule has 0 spiro atoms. The number of amides is 1. The summed E-state index contributed by atoms with van der Waals surface area (Å²) < 4.78 is 5.22. The van der Waals surface area contributed by atoms with E-state index in [1.54, 1.807) is 33.8 Å². The molecule has 2 atom stereocenters. The molecule has 1 heterocycles. The van der Waals surface area contributed by atoms with Crippen LogP contribution in [0.1, 0.15) is 39.6 Å². The molecule has 6 nitrogen and oxygen atoms in total. The van der Waals surface area contributed by atoms with Crippen LogP contribution in [-0.2, 0) is 4.74 Å². The van der Waals surface area contributed by atoms with E-state index in [0.717, 1.165) is 0 Å². The van der Waals surface area contributed by atoms with Crippen molar-refractivity contribution in [3.63, 3.8) is 0 Å². The van der Waals surface area contributed by atoms with Crippen molar-refractivity contribution >= 4 is 17.7 Å². The average Bonchev–Trinajstić information content (AvgIpc) is 2.44. The van der Waals surface area contributed by atoms with Gasteiger partial charge in [0.05, 0.1) is 0 Å². The molecule has 7 heteroatoms. The molecule has 1 aromatic rings. The molecule has 0 radical (unpaired) electrons. The lowest BCUT2D eigenvalue weighted by atomic mass is 10.0. The zero-order valence-electron chi connectivity index (χ0n) is 13.7. The summed E-state index contributed by atoms with van der Waals surface area (Å²) in [5.41, 5.74) is -0.147. The van der Waals surface area contributed by atoms with Gasteiger partial charge >= 0.3 is 6.09 Å². The Morgan fingerprint density at radius 2 is 2.17 bits per heavy atom. The van der Waals surface area contributed by atoms with Crippen molar-refractivity contribution in [2.24, 2.45) is 0 Å². The van der Waals surface area contributed by atoms with Gasteiger partial charge in [0.2, 0.25) is 0 Å². The molecule has 1 amide bonds. The first-order chi connectivity index (χ1) is 10.7. The molecular weight excluding hydrogens is 318 g/mol. The minimum atomic E-state index is -1.09. The third-order valence-electron chi connectivity index (χ3n) is 2.82. The van der Waals surface area contributed by atoms with Gasteiger partial charge in [-0.25, -0.2) is 14.8 Å². The van der Waals surface area contributed by atoms with Crippen LogP contribution in [-0.4, -0.2) is 32.9 Å². The molecule has 126 valence electrons. The first-order valence-corrected chi connectivity index (χ1v) is 7.50. The predicted molar refractivity (Wildman–Crippen MR) is 89.1 cm³/mol. The topological polar surface area (TPSA) is 84.3 Å². The number of nitrogens with one attached hydrogen (secondary N) is 1. The summed E-state index contributed by atoms with van der Waals surface area (Å²) in [6, 6.07) is 0.583. The molecule has 1 rings (SSSR count). The number of hydrogen-bond donors (Lipinski definition) is 2. The van der Waals surface area contributed by atoms with Crippen LogP contribution in [0.15, 0.2) is 36.6 Å². The maximum Gasteiger partial charge on any atom is 0.408 e. The molecule has 0 bridgehead atoms. The van der Waals surface area contributed by atoms with Crippen LogP contribution in [0.2, 0.25) is 5.15 Å². The maximum atomic E-state index is 12.1. The number of halogens is 1. The fourth-order valence-electron chi connectivity index (χ4n) is 1.82. The third kappa shape index (κ3) is 6.00. The summed E-state index contributed by atoms with van der Waals surface area (Å²) >= 11 is 5.87. The number of aromatic nitrogens is 2. The normalized spacial score (nSPS) is 14.8. The van der Waals surface area contributed by atoms with Crippen molar-refractivity contribution in [2.75, 3.05) is 0 Å². The van der Waals surface area contributed by atoms with E-state index in [-0.39, 0.29) is 11.0 Å². The van der Waals surface area contributed by atoms with E-state index in [1.165, 1.54) is 18.3 Å². The van der Waals surface area contributed by atoms with Crippen LogP contribution in [0.4, 0.5) is 4.79 Å². The van der Waals surface area contributed by atoms with E-state index < -0.39 is 23.8 Å². The summed E-state index contributed by atoms with van der Waals surface area (Å²) in [6.07, 6.45) is 2.85. The van der Waals surface area contributed by atoms with Crippen molar-refractivity contribution in [3.8, 4) is 0 Å². The van der Waals surface area contributed by atoms with Crippen molar-refractivity contribution in [1.29, 1.82) is 0 Å². The quantitative estimate of drug-likeness (QED) is 0.635. The van der Waals surface area contributed by atoms with Crippen molar-refractivity contribution in [1.82, 2.24) is 15.3 Å². The second kappa shape index (κ2) is 8.08. The summed E-state index contributed by atoms with van der Waals surface area (Å²) in [7, 11) is 0. The molecule has 2 N–H and O–H groups in total. The summed E-state index contributed by atoms with van der Waals surface area (Å²) in [6.45, 7) is 10.6. The number of rotatable bonds is 5. The first-order valence-electron chi connectivity index (χ1n) is 7.12. The van der Waals surface area contributed by atoms with Crippen LogP contribution in [0.25, 0.3) is 0 Å². The summed E-state index contributed by atoms with van der Waals surface area (Å²) in [5, 5.41) is 13.3. The molecular formula is C16H22ClN3O3. The van der Waals surface area contributed by atoms with Gasteiger partial charge in [-0.3, -0.25) is 0 Å². The standard InChI is InChI=1S/C16H22ClN3O3/c1-6-10(7-2)13(21)12(14-18-9-8-11(17)19-14)20-15(22)23-16(3,4)5/h6-9,12-13,21H,1H2,2-5H3,(H,20,22)/b10-7+/t12-,13+/m0/s1. The van der Waals surface area contributed by atoms with Gasteiger partial charge in [-0.05, 0) is 39.3 Å². The molecule has 1 aromatic heterocycles. The van der Waals surface area contributed by atoms with Gasteiger partial charge in [0.25, 0.3) is 0 Å². The minimum Gasteiger partial charge on any atom is -0.444 e. The summed E-state index contributed by atoms with van der Waals surface area (Å²) in [5.74, 6) is 0.178. The SMILES string of the molecule is C=C/C(=C\C)[C@@H](O)[C@H](NC(=O)OC(C)(C)C)c1nccc(Cl)n1. The lowest BCUT2D eigenvalue weighted by Gasteiger charge is -2.26. The highest BCUT2D eigenvalue weighted by Gasteiger charge is 2.29. The van der Waals surface area contributed by atoms with E-state index in [4.69, 9.17) is 16.3 Å². The van der Waals surface area contributed by atoms with E-state index in [2.05, 4.69) is 21.9 Å². The van der Waals surface area contributed by atoms with Gasteiger partial charge in [0.1, 0.15) is 22.9 Å². The van der Waals surface area contributed by atoms with Crippen molar-refractivity contribution in [2.45, 2.75) is 45.4 Å². The van der Waals surface area contributed by atoms with Gasteiger partial charge in [-0.1, -0.05) is 30.3 Å². The number of nitrogens with zero attached hydrogens (tertiary/aromatic N) is 2. The van der Waals surface area contributed by atoms with Crippen molar-refractivity contribution in [3.05, 3.63) is 47.5 Å². The van der Waals surface area contributed by atoms with Crippen molar-refractivity contribution < 1.29 is 14.6 Å². The molecule has 0 aliphatic heterocycles. The maximum absolute atomic E-state index is 12.1. The molecule has 0 saturated carbocycles. The highest BCUT2D eigenvalue weighted by Crippen LogP contribution is 2.21. The van der Waals surface area contributed by atoms with E-state index in [9.17, 15) is 9.90 Å². The van der Waals surface area contributed by atoms with E-state index in [0.29, 0.717) is 5.57 Å². The second-order valence-electron chi connectivity index (χ2n) is 5.80. The summed E-state index contributed by atoms with van der Waals surface area (Å²) in [4.78, 5) is 20.2. The van der Waals surface area contributed by atoms with Crippen LogP contribution in [0.5, 0.6) is 0 Å². The van der Waals surface area contributed by atoms with Crippen LogP contribution in [0, 0.1) is 0 Å². The zero-order chi connectivity index (χ0) is 17.6. The Morgan fingerprint density at radius 3 is 2.65 bits per heavy atom. The molecule has 0 aliphatic carbocycles.